The third-order valence-electron chi connectivity index (χ3n) is 3.19. The van der Waals surface area contributed by atoms with Gasteiger partial charge < -0.3 is 15.0 Å². The standard InChI is InChI=1S/C15H24N2O/c1-15(2)10-13-9-12(5-6-14(13)18-15)11-16-7-8-17(3)4/h5-6,9,16H,7-8,10-11H2,1-4H3. The van der Waals surface area contributed by atoms with Crippen LogP contribution in [0.4, 0.5) is 0 Å². The summed E-state index contributed by atoms with van der Waals surface area (Å²) in [6.45, 7) is 7.30. The fraction of sp³-hybridized carbons (Fsp3) is 0.600. The largest absolute Gasteiger partial charge is 0.487 e. The van der Waals surface area contributed by atoms with Crippen molar-refractivity contribution in [1.29, 1.82) is 0 Å². The number of benzene rings is 1. The number of rotatable bonds is 5. The maximum absolute atomic E-state index is 5.88. The smallest absolute Gasteiger partial charge is 0.123 e. The third-order valence-corrected chi connectivity index (χ3v) is 3.19. The van der Waals surface area contributed by atoms with Crippen molar-refractivity contribution in [2.75, 3.05) is 27.2 Å². The van der Waals surface area contributed by atoms with Crippen molar-refractivity contribution >= 4 is 0 Å². The zero-order valence-corrected chi connectivity index (χ0v) is 11.9. The lowest BCUT2D eigenvalue weighted by atomic mass is 10.0. The molecule has 18 heavy (non-hydrogen) atoms. The average molecular weight is 248 g/mol. The van der Waals surface area contributed by atoms with Gasteiger partial charge in [0.05, 0.1) is 0 Å². The van der Waals surface area contributed by atoms with Crippen molar-refractivity contribution in [1.82, 2.24) is 10.2 Å². The van der Waals surface area contributed by atoms with Gasteiger partial charge in [-0.05, 0) is 45.1 Å². The highest BCUT2D eigenvalue weighted by atomic mass is 16.5. The molecule has 0 amide bonds. The molecule has 0 saturated carbocycles. The Bertz CT molecular complexity index is 413. The zero-order chi connectivity index (χ0) is 13.2. The van der Waals surface area contributed by atoms with Gasteiger partial charge in [-0.3, -0.25) is 0 Å². The number of ether oxygens (including phenoxy) is 1. The summed E-state index contributed by atoms with van der Waals surface area (Å²) in [6, 6.07) is 6.53. The molecule has 2 rings (SSSR count). The number of hydrogen-bond donors (Lipinski definition) is 1. The Kier molecular flexibility index (Phi) is 3.93. The lowest BCUT2D eigenvalue weighted by molar-refractivity contribution is 0.138. The monoisotopic (exact) mass is 248 g/mol. The highest BCUT2D eigenvalue weighted by Gasteiger charge is 2.29. The van der Waals surface area contributed by atoms with E-state index in [4.69, 9.17) is 4.74 Å². The van der Waals surface area contributed by atoms with Crippen LogP contribution in [0, 0.1) is 0 Å². The van der Waals surface area contributed by atoms with Crippen molar-refractivity contribution in [3.8, 4) is 5.75 Å². The number of likely N-dealkylation sites (N-methyl/N-ethyl adjacent to an activating group) is 1. The lowest BCUT2D eigenvalue weighted by Crippen LogP contribution is -2.26. The van der Waals surface area contributed by atoms with E-state index in [0.29, 0.717) is 0 Å². The Morgan fingerprint density at radius 2 is 2.11 bits per heavy atom. The number of nitrogens with one attached hydrogen (secondary N) is 1. The molecule has 0 fully saturated rings. The molecule has 0 aliphatic carbocycles. The molecule has 3 heteroatoms. The summed E-state index contributed by atoms with van der Waals surface area (Å²) in [5.74, 6) is 1.05. The van der Waals surface area contributed by atoms with Crippen LogP contribution in [-0.4, -0.2) is 37.7 Å². The Morgan fingerprint density at radius 3 is 2.83 bits per heavy atom. The molecular weight excluding hydrogens is 224 g/mol. The zero-order valence-electron chi connectivity index (χ0n) is 11.9. The summed E-state index contributed by atoms with van der Waals surface area (Å²) in [7, 11) is 4.19. The van der Waals surface area contributed by atoms with Crippen molar-refractivity contribution < 1.29 is 4.74 Å². The van der Waals surface area contributed by atoms with E-state index in [1.807, 2.05) is 0 Å². The van der Waals surface area contributed by atoms with Gasteiger partial charge in [-0.25, -0.2) is 0 Å². The summed E-state index contributed by atoms with van der Waals surface area (Å²) < 4.78 is 5.88. The number of hydrogen-bond acceptors (Lipinski definition) is 3. The molecule has 0 radical (unpaired) electrons. The summed E-state index contributed by atoms with van der Waals surface area (Å²) in [5, 5.41) is 3.46. The Hall–Kier alpha value is -1.06. The maximum Gasteiger partial charge on any atom is 0.123 e. The van der Waals surface area contributed by atoms with Crippen LogP contribution < -0.4 is 10.1 Å². The SMILES string of the molecule is CN(C)CCNCc1ccc2c(c1)CC(C)(C)O2. The van der Waals surface area contributed by atoms with Gasteiger partial charge in [0.2, 0.25) is 0 Å². The Morgan fingerprint density at radius 1 is 1.33 bits per heavy atom. The fourth-order valence-corrected chi connectivity index (χ4v) is 2.31. The highest BCUT2D eigenvalue weighted by Crippen LogP contribution is 2.35. The summed E-state index contributed by atoms with van der Waals surface area (Å²) >= 11 is 0. The van der Waals surface area contributed by atoms with Crippen LogP contribution in [-0.2, 0) is 13.0 Å². The minimum Gasteiger partial charge on any atom is -0.487 e. The second kappa shape index (κ2) is 5.29. The first kappa shape index (κ1) is 13.4. The second-order valence-electron chi connectivity index (χ2n) is 5.96. The van der Waals surface area contributed by atoms with Crippen molar-refractivity contribution in [2.45, 2.75) is 32.4 Å². The molecule has 1 heterocycles. The van der Waals surface area contributed by atoms with Gasteiger partial charge in [0.1, 0.15) is 11.4 Å². The molecule has 1 aliphatic heterocycles. The van der Waals surface area contributed by atoms with Crippen LogP contribution in [0.5, 0.6) is 5.75 Å². The van der Waals surface area contributed by atoms with Crippen molar-refractivity contribution in [3.63, 3.8) is 0 Å². The van der Waals surface area contributed by atoms with Crippen LogP contribution in [0.25, 0.3) is 0 Å². The summed E-state index contributed by atoms with van der Waals surface area (Å²) in [6.07, 6.45) is 1.01. The molecule has 0 unspecified atom stereocenters. The molecule has 0 atom stereocenters. The molecule has 1 aromatic carbocycles. The van der Waals surface area contributed by atoms with E-state index in [9.17, 15) is 0 Å². The number of fused-ring (bicyclic) bond motifs is 1. The van der Waals surface area contributed by atoms with E-state index in [-0.39, 0.29) is 5.60 Å². The highest BCUT2D eigenvalue weighted by molar-refractivity contribution is 5.41. The van der Waals surface area contributed by atoms with Gasteiger partial charge in [0, 0.05) is 26.1 Å². The molecule has 1 aliphatic rings. The Labute approximate surface area is 110 Å². The second-order valence-corrected chi connectivity index (χ2v) is 5.96. The lowest BCUT2D eigenvalue weighted by Gasteiger charge is -2.16. The van der Waals surface area contributed by atoms with Gasteiger partial charge in [0.15, 0.2) is 0 Å². The van der Waals surface area contributed by atoms with E-state index in [0.717, 1.165) is 31.8 Å². The van der Waals surface area contributed by atoms with Crippen molar-refractivity contribution in [2.24, 2.45) is 0 Å². The average Bonchev–Trinajstić information content (AvgIpc) is 2.57. The van der Waals surface area contributed by atoms with Gasteiger partial charge in [-0.1, -0.05) is 12.1 Å². The fourth-order valence-electron chi connectivity index (χ4n) is 2.31. The predicted molar refractivity (Wildman–Crippen MR) is 75.1 cm³/mol. The van der Waals surface area contributed by atoms with Crippen LogP contribution in [0.15, 0.2) is 18.2 Å². The number of nitrogens with zero attached hydrogens (tertiary/aromatic N) is 1. The first-order valence-corrected chi connectivity index (χ1v) is 6.62. The quantitative estimate of drug-likeness (QED) is 0.807. The molecule has 0 saturated heterocycles. The van der Waals surface area contributed by atoms with Gasteiger partial charge in [0.25, 0.3) is 0 Å². The topological polar surface area (TPSA) is 24.5 Å². The molecule has 0 spiro atoms. The summed E-state index contributed by atoms with van der Waals surface area (Å²) in [5.41, 5.74) is 2.64. The maximum atomic E-state index is 5.88. The normalized spacial score (nSPS) is 16.7. The molecule has 3 nitrogen and oxygen atoms in total. The molecule has 0 aromatic heterocycles. The van der Waals surface area contributed by atoms with Crippen LogP contribution in [0.1, 0.15) is 25.0 Å². The minimum atomic E-state index is -0.0424. The van der Waals surface area contributed by atoms with E-state index in [1.165, 1.54) is 11.1 Å². The van der Waals surface area contributed by atoms with E-state index >= 15 is 0 Å². The molecule has 1 N–H and O–H groups in total. The molecular formula is C15H24N2O. The molecule has 100 valence electrons. The van der Waals surface area contributed by atoms with Gasteiger partial charge in [-0.2, -0.15) is 0 Å². The molecule has 0 bridgehead atoms. The Balaban J connectivity index is 1.89. The summed E-state index contributed by atoms with van der Waals surface area (Å²) in [4.78, 5) is 2.19. The predicted octanol–water partition coefficient (Wildman–Crippen LogP) is 2.05. The molecule has 1 aromatic rings. The van der Waals surface area contributed by atoms with E-state index in [2.05, 4.69) is 56.4 Å². The minimum absolute atomic E-state index is 0.0424. The van der Waals surface area contributed by atoms with Crippen LogP contribution >= 0.6 is 0 Å². The van der Waals surface area contributed by atoms with Crippen LogP contribution in [0.3, 0.4) is 0 Å². The van der Waals surface area contributed by atoms with Crippen molar-refractivity contribution in [3.05, 3.63) is 29.3 Å². The first-order chi connectivity index (χ1) is 8.46. The third kappa shape index (κ3) is 3.47. The first-order valence-electron chi connectivity index (χ1n) is 6.62. The van der Waals surface area contributed by atoms with E-state index < -0.39 is 0 Å². The van der Waals surface area contributed by atoms with E-state index in [1.54, 1.807) is 0 Å². The van der Waals surface area contributed by atoms with Gasteiger partial charge >= 0.3 is 0 Å². The van der Waals surface area contributed by atoms with Crippen LogP contribution in [0.2, 0.25) is 0 Å². The van der Waals surface area contributed by atoms with Gasteiger partial charge in [-0.15, -0.1) is 0 Å².